The van der Waals surface area contributed by atoms with Crippen LogP contribution in [0.4, 0.5) is 20.7 Å². The molecule has 2 amide bonds. The lowest BCUT2D eigenvalue weighted by atomic mass is 10.1. The first-order chi connectivity index (χ1) is 15.0. The third-order valence-electron chi connectivity index (χ3n) is 6.40. The molecule has 9 heteroatoms. The number of carbonyl (C=O) groups excluding carboxylic acids is 1. The van der Waals surface area contributed by atoms with Crippen LogP contribution in [0.5, 0.6) is 0 Å². The van der Waals surface area contributed by atoms with Crippen LogP contribution >= 0.6 is 0 Å². The zero-order valence-corrected chi connectivity index (χ0v) is 17.5. The molecule has 1 aromatic carbocycles. The highest BCUT2D eigenvalue weighted by Crippen LogP contribution is 2.34. The van der Waals surface area contributed by atoms with Crippen molar-refractivity contribution >= 4 is 23.3 Å². The summed E-state index contributed by atoms with van der Waals surface area (Å²) in [6.45, 7) is 5.53. The van der Waals surface area contributed by atoms with Gasteiger partial charge >= 0.3 is 6.03 Å². The maximum Gasteiger partial charge on any atom is 0.419 e. The first-order valence-corrected chi connectivity index (χ1v) is 10.7. The number of rotatable bonds is 3. The molecule has 0 radical (unpaired) electrons. The number of halogens is 1. The van der Waals surface area contributed by atoms with E-state index < -0.39 is 11.8 Å². The van der Waals surface area contributed by atoms with Gasteiger partial charge < -0.3 is 15.4 Å². The maximum absolute atomic E-state index is 14.8. The molecule has 0 aliphatic carbocycles. The molecular formula is C22H26FN6O2+. The van der Waals surface area contributed by atoms with E-state index in [0.29, 0.717) is 42.4 Å². The number of hydrogen-bond donors (Lipinski definition) is 1. The number of aromatic nitrogens is 3. The molecule has 2 aromatic heterocycles. The Labute approximate surface area is 179 Å². The second-order valence-corrected chi connectivity index (χ2v) is 8.35. The predicted octanol–water partition coefficient (Wildman–Crippen LogP) is 2.94. The molecule has 1 unspecified atom stereocenters. The second-order valence-electron chi connectivity index (χ2n) is 8.35. The van der Waals surface area contributed by atoms with Gasteiger partial charge in [-0.3, -0.25) is 4.40 Å². The van der Waals surface area contributed by atoms with E-state index >= 15 is 0 Å². The van der Waals surface area contributed by atoms with Crippen molar-refractivity contribution in [3.05, 3.63) is 42.5 Å². The number of carbonyl (C=O) groups is 1. The molecule has 2 aliphatic rings. The van der Waals surface area contributed by atoms with Gasteiger partial charge in [0.25, 0.3) is 0 Å². The molecule has 4 heterocycles. The molecule has 2 aliphatic heterocycles. The minimum atomic E-state index is -0.406. The molecule has 162 valence electrons. The topological polar surface area (TPSA) is 85.8 Å². The van der Waals surface area contributed by atoms with Crippen molar-refractivity contribution in [2.75, 3.05) is 37.7 Å². The monoisotopic (exact) mass is 425 g/mol. The van der Waals surface area contributed by atoms with Gasteiger partial charge in [-0.15, -0.1) is 0 Å². The number of fused-ring (bicyclic) bond motifs is 1. The quantitative estimate of drug-likeness (QED) is 0.652. The summed E-state index contributed by atoms with van der Waals surface area (Å²) in [5, 5.41) is 0. The van der Waals surface area contributed by atoms with Gasteiger partial charge in [-0.25, -0.2) is 23.6 Å². The minimum absolute atomic E-state index is 0.0538. The van der Waals surface area contributed by atoms with Crippen LogP contribution in [0.3, 0.4) is 0 Å². The number of benzene rings is 1. The number of anilines is 1. The largest absolute Gasteiger partial charge is 0.419 e. The SMILES string of the molecule is CC1CN(c2cnc3nc(-c4cc([N+]5(C(N)=O)CCCC5)ccc4F)ccn23)CCO1. The molecule has 2 saturated heterocycles. The zero-order chi connectivity index (χ0) is 21.6. The van der Waals surface area contributed by atoms with Crippen LogP contribution in [-0.2, 0) is 4.74 Å². The molecule has 0 spiro atoms. The molecule has 2 fully saturated rings. The molecule has 1 atom stereocenters. The highest BCUT2D eigenvalue weighted by molar-refractivity contribution is 5.87. The van der Waals surface area contributed by atoms with Crippen LogP contribution in [0.1, 0.15) is 19.8 Å². The van der Waals surface area contributed by atoms with E-state index in [0.717, 1.165) is 31.7 Å². The lowest BCUT2D eigenvalue weighted by molar-refractivity contribution is 0.0529. The number of quaternary nitrogens is 1. The van der Waals surface area contributed by atoms with Crippen molar-refractivity contribution in [1.29, 1.82) is 0 Å². The Bertz CT molecular complexity index is 1140. The van der Waals surface area contributed by atoms with Crippen molar-refractivity contribution in [3.8, 4) is 11.3 Å². The van der Waals surface area contributed by atoms with E-state index in [-0.39, 0.29) is 10.6 Å². The first kappa shape index (κ1) is 19.9. The Morgan fingerprint density at radius 1 is 1.29 bits per heavy atom. The summed E-state index contributed by atoms with van der Waals surface area (Å²) in [6, 6.07) is 6.13. The smallest absolute Gasteiger partial charge is 0.375 e. The summed E-state index contributed by atoms with van der Waals surface area (Å²) < 4.78 is 22.4. The molecule has 0 bridgehead atoms. The fourth-order valence-corrected chi connectivity index (χ4v) is 4.73. The molecule has 8 nitrogen and oxygen atoms in total. The maximum atomic E-state index is 14.8. The van der Waals surface area contributed by atoms with E-state index in [9.17, 15) is 9.18 Å². The Hall–Kier alpha value is -3.04. The number of morpholine rings is 1. The number of amides is 2. The summed E-state index contributed by atoms with van der Waals surface area (Å²) in [5.74, 6) is 1.04. The van der Waals surface area contributed by atoms with Gasteiger partial charge in [-0.2, -0.15) is 0 Å². The summed E-state index contributed by atoms with van der Waals surface area (Å²) in [4.78, 5) is 23.5. The Morgan fingerprint density at radius 2 is 2.10 bits per heavy atom. The van der Waals surface area contributed by atoms with Crippen LogP contribution in [0.15, 0.2) is 36.7 Å². The van der Waals surface area contributed by atoms with Crippen molar-refractivity contribution in [1.82, 2.24) is 18.9 Å². The number of urea groups is 1. The number of nitrogens with two attached hydrogens (primary N) is 1. The van der Waals surface area contributed by atoms with Crippen LogP contribution in [-0.4, -0.2) is 59.3 Å². The number of hydrogen-bond acceptors (Lipinski definition) is 5. The van der Waals surface area contributed by atoms with Gasteiger partial charge in [0.1, 0.15) is 17.3 Å². The van der Waals surface area contributed by atoms with Crippen molar-refractivity contribution in [2.45, 2.75) is 25.9 Å². The molecule has 2 N–H and O–H groups in total. The lowest BCUT2D eigenvalue weighted by Crippen LogP contribution is -2.54. The summed E-state index contributed by atoms with van der Waals surface area (Å²) in [5.41, 5.74) is 7.27. The van der Waals surface area contributed by atoms with E-state index in [1.165, 1.54) is 6.07 Å². The minimum Gasteiger partial charge on any atom is -0.375 e. The van der Waals surface area contributed by atoms with E-state index in [1.54, 1.807) is 24.4 Å². The fraction of sp³-hybridized carbons (Fsp3) is 0.409. The van der Waals surface area contributed by atoms with Gasteiger partial charge in [0.05, 0.1) is 37.7 Å². The molecule has 31 heavy (non-hydrogen) atoms. The van der Waals surface area contributed by atoms with Gasteiger partial charge in [0, 0.05) is 49.8 Å². The number of imidazole rings is 1. The third-order valence-corrected chi connectivity index (χ3v) is 6.40. The highest BCUT2D eigenvalue weighted by atomic mass is 19.1. The highest BCUT2D eigenvalue weighted by Gasteiger charge is 2.41. The average molecular weight is 425 g/mol. The van der Waals surface area contributed by atoms with Crippen LogP contribution in [0.2, 0.25) is 0 Å². The Morgan fingerprint density at radius 3 is 2.84 bits per heavy atom. The molecule has 0 saturated carbocycles. The number of likely N-dealkylation sites (tertiary alicyclic amines) is 1. The molecular weight excluding hydrogens is 399 g/mol. The average Bonchev–Trinajstić information content (AvgIpc) is 3.42. The predicted molar refractivity (Wildman–Crippen MR) is 116 cm³/mol. The van der Waals surface area contributed by atoms with E-state index in [1.807, 2.05) is 17.5 Å². The van der Waals surface area contributed by atoms with Crippen LogP contribution in [0, 0.1) is 5.82 Å². The number of ether oxygens (including phenoxy) is 1. The van der Waals surface area contributed by atoms with Crippen LogP contribution < -0.4 is 15.1 Å². The van der Waals surface area contributed by atoms with Crippen molar-refractivity contribution in [2.24, 2.45) is 5.73 Å². The van der Waals surface area contributed by atoms with E-state index in [4.69, 9.17) is 10.5 Å². The Kier molecular flexibility index (Phi) is 4.86. The van der Waals surface area contributed by atoms with Gasteiger partial charge in [0.2, 0.25) is 5.78 Å². The van der Waals surface area contributed by atoms with Gasteiger partial charge in [-0.1, -0.05) is 0 Å². The third kappa shape index (κ3) is 3.34. The summed E-state index contributed by atoms with van der Waals surface area (Å²) in [7, 11) is 0. The van der Waals surface area contributed by atoms with Gasteiger partial charge in [-0.05, 0) is 19.1 Å². The first-order valence-electron chi connectivity index (χ1n) is 10.7. The molecule has 3 aromatic rings. The molecule has 5 rings (SSSR count). The second kappa shape index (κ2) is 7.58. The summed E-state index contributed by atoms with van der Waals surface area (Å²) in [6.07, 6.45) is 5.62. The summed E-state index contributed by atoms with van der Waals surface area (Å²) >= 11 is 0. The zero-order valence-electron chi connectivity index (χ0n) is 17.5. The normalized spacial score (nSPS) is 21.0. The number of nitrogens with zero attached hydrogens (tertiary/aromatic N) is 5. The lowest BCUT2D eigenvalue weighted by Gasteiger charge is -2.32. The van der Waals surface area contributed by atoms with Crippen molar-refractivity contribution < 1.29 is 13.9 Å². The van der Waals surface area contributed by atoms with E-state index in [2.05, 4.69) is 14.9 Å². The Balaban J connectivity index is 1.53. The van der Waals surface area contributed by atoms with Crippen molar-refractivity contribution in [3.63, 3.8) is 0 Å². The fourth-order valence-electron chi connectivity index (χ4n) is 4.73. The standard InChI is InChI=1S/C22H25FN6O2/c1-15-14-27(8-11-31-15)20-13-25-22-26-19(6-7-28(20)22)17-12-16(4-5-18(17)23)29(21(24)30)9-2-3-10-29/h4-7,12-13,15H,2-3,8-11,14H2,1H3,(H-,24,30)/p+1. The van der Waals surface area contributed by atoms with Crippen LogP contribution in [0.25, 0.3) is 17.0 Å². The number of primary amides is 1. The van der Waals surface area contributed by atoms with Gasteiger partial charge in [0.15, 0.2) is 0 Å².